The first-order valence-electron chi connectivity index (χ1n) is 10.4. The number of fused-ring (bicyclic) bond motifs is 1. The molecule has 0 aromatic rings. The van der Waals surface area contributed by atoms with Crippen molar-refractivity contribution in [1.82, 2.24) is 0 Å². The first-order chi connectivity index (χ1) is 12.9. The molecule has 158 valence electrons. The molecular weight excluding hydrogens is 360 g/mol. The Morgan fingerprint density at radius 3 is 2.61 bits per heavy atom. The molecule has 2 aliphatic heterocycles. The van der Waals surface area contributed by atoms with Gasteiger partial charge in [-0.25, -0.2) is 0 Å². The lowest BCUT2D eigenvalue weighted by molar-refractivity contribution is -0.311. The summed E-state index contributed by atoms with van der Waals surface area (Å²) in [5.41, 5.74) is -2.03. The fraction of sp³-hybridized carbons (Fsp3) is 0.818. The molecule has 28 heavy (non-hydrogen) atoms. The molecule has 3 aliphatic rings. The SMILES string of the molecule is C=C1CCC[C@@]2(COC(C)=O)CCC3(O)O[C@@]12[C@@H](O)[C@@]3(C)CCC(=O)C(C)C. The van der Waals surface area contributed by atoms with E-state index in [-0.39, 0.29) is 30.7 Å². The second-order valence-corrected chi connectivity index (χ2v) is 9.58. The number of aliphatic hydroxyl groups excluding tert-OH is 1. The molecule has 6 nitrogen and oxygen atoms in total. The number of rotatable bonds is 6. The van der Waals surface area contributed by atoms with Crippen LogP contribution in [0.1, 0.15) is 72.6 Å². The highest BCUT2D eigenvalue weighted by Gasteiger charge is 2.78. The Balaban J connectivity index is 2.00. The quantitative estimate of drug-likeness (QED) is 0.531. The Morgan fingerprint density at radius 2 is 2.00 bits per heavy atom. The molecule has 2 heterocycles. The molecule has 0 amide bonds. The number of carbonyl (C=O) groups excluding carboxylic acids is 2. The third-order valence-electron chi connectivity index (χ3n) is 7.69. The summed E-state index contributed by atoms with van der Waals surface area (Å²) in [5.74, 6) is -1.91. The first-order valence-corrected chi connectivity index (χ1v) is 10.4. The van der Waals surface area contributed by atoms with Gasteiger partial charge in [0.05, 0.1) is 11.5 Å². The number of esters is 1. The lowest BCUT2D eigenvalue weighted by atomic mass is 9.56. The van der Waals surface area contributed by atoms with Gasteiger partial charge in [0.2, 0.25) is 0 Å². The maximum absolute atomic E-state index is 12.3. The normalized spacial score (nSPS) is 42.4. The first kappa shape index (κ1) is 21.5. The van der Waals surface area contributed by atoms with E-state index in [1.54, 1.807) is 0 Å². The van der Waals surface area contributed by atoms with E-state index in [0.29, 0.717) is 25.7 Å². The maximum atomic E-state index is 12.3. The van der Waals surface area contributed by atoms with Crippen molar-refractivity contribution >= 4 is 11.8 Å². The molecule has 2 bridgehead atoms. The van der Waals surface area contributed by atoms with Crippen LogP contribution in [0.3, 0.4) is 0 Å². The van der Waals surface area contributed by atoms with Gasteiger partial charge < -0.3 is 19.7 Å². The van der Waals surface area contributed by atoms with Crippen molar-refractivity contribution in [3.05, 3.63) is 12.2 Å². The van der Waals surface area contributed by atoms with Gasteiger partial charge in [-0.1, -0.05) is 27.4 Å². The number of hydrogen-bond donors (Lipinski definition) is 2. The minimum Gasteiger partial charge on any atom is -0.465 e. The number of carbonyl (C=O) groups is 2. The summed E-state index contributed by atoms with van der Waals surface area (Å²) in [4.78, 5) is 23.8. The van der Waals surface area contributed by atoms with Crippen molar-refractivity contribution in [3.63, 3.8) is 0 Å². The predicted octanol–water partition coefficient (Wildman–Crippen LogP) is 2.90. The average molecular weight is 395 g/mol. The van der Waals surface area contributed by atoms with Crippen molar-refractivity contribution in [2.75, 3.05) is 6.61 Å². The predicted molar refractivity (Wildman–Crippen MR) is 103 cm³/mol. The topological polar surface area (TPSA) is 93.1 Å². The van der Waals surface area contributed by atoms with Crippen LogP contribution in [0.2, 0.25) is 0 Å². The van der Waals surface area contributed by atoms with Crippen LogP contribution in [0.25, 0.3) is 0 Å². The van der Waals surface area contributed by atoms with Crippen LogP contribution in [0, 0.1) is 16.7 Å². The standard InChI is InChI=1S/C22H34O6/c1-14(2)17(24)8-10-19(5)18(25)22-15(3)7-6-9-20(22,13-27-16(4)23)11-12-21(19,26)28-22/h14,18,25-26H,3,6-13H2,1-2,4-5H3/t18-,19+,20-,21?,22+/m0/s1. The molecule has 2 saturated heterocycles. The van der Waals surface area contributed by atoms with E-state index in [1.807, 2.05) is 20.8 Å². The number of ether oxygens (including phenoxy) is 2. The van der Waals surface area contributed by atoms with Crippen LogP contribution in [0.4, 0.5) is 0 Å². The number of ketones is 1. The van der Waals surface area contributed by atoms with Crippen LogP contribution >= 0.6 is 0 Å². The summed E-state index contributed by atoms with van der Waals surface area (Å²) < 4.78 is 11.8. The third kappa shape index (κ3) is 2.79. The van der Waals surface area contributed by atoms with Gasteiger partial charge in [0.1, 0.15) is 18.0 Å². The number of Topliss-reactive ketones (excluding diaryl/α,β-unsaturated/α-hetero) is 1. The monoisotopic (exact) mass is 394 g/mol. The molecule has 0 radical (unpaired) electrons. The van der Waals surface area contributed by atoms with Crippen LogP contribution < -0.4 is 0 Å². The van der Waals surface area contributed by atoms with E-state index in [0.717, 1.165) is 18.4 Å². The summed E-state index contributed by atoms with van der Waals surface area (Å²) in [6, 6.07) is 0. The van der Waals surface area contributed by atoms with Gasteiger partial charge in [-0.15, -0.1) is 0 Å². The van der Waals surface area contributed by atoms with Crippen LogP contribution in [-0.4, -0.2) is 46.1 Å². The van der Waals surface area contributed by atoms with Gasteiger partial charge in [0.25, 0.3) is 0 Å². The van der Waals surface area contributed by atoms with Gasteiger partial charge in [0.15, 0.2) is 5.79 Å². The molecule has 1 saturated carbocycles. The number of aliphatic hydroxyl groups is 2. The zero-order chi connectivity index (χ0) is 21.0. The highest BCUT2D eigenvalue weighted by molar-refractivity contribution is 5.80. The zero-order valence-electron chi connectivity index (χ0n) is 17.5. The van der Waals surface area contributed by atoms with Crippen LogP contribution in [0.5, 0.6) is 0 Å². The van der Waals surface area contributed by atoms with Gasteiger partial charge in [-0.2, -0.15) is 0 Å². The zero-order valence-corrected chi connectivity index (χ0v) is 17.5. The second kappa shape index (κ2) is 6.92. The Morgan fingerprint density at radius 1 is 1.32 bits per heavy atom. The maximum Gasteiger partial charge on any atom is 0.302 e. The van der Waals surface area contributed by atoms with Gasteiger partial charge in [0, 0.05) is 31.1 Å². The lowest BCUT2D eigenvalue weighted by Crippen LogP contribution is -2.63. The van der Waals surface area contributed by atoms with E-state index in [4.69, 9.17) is 9.47 Å². The van der Waals surface area contributed by atoms with Crippen molar-refractivity contribution in [1.29, 1.82) is 0 Å². The minimum absolute atomic E-state index is 0.0945. The molecule has 0 aromatic heterocycles. The molecule has 3 fully saturated rings. The highest BCUT2D eigenvalue weighted by atomic mass is 16.7. The molecule has 5 atom stereocenters. The fourth-order valence-electron chi connectivity index (χ4n) is 5.70. The Labute approximate surface area is 167 Å². The molecule has 1 aliphatic carbocycles. The van der Waals surface area contributed by atoms with Crippen molar-refractivity contribution < 1.29 is 29.3 Å². The summed E-state index contributed by atoms with van der Waals surface area (Å²) in [6.45, 7) is 11.2. The Bertz CT molecular complexity index is 687. The van der Waals surface area contributed by atoms with E-state index in [9.17, 15) is 19.8 Å². The van der Waals surface area contributed by atoms with Crippen LogP contribution in [-0.2, 0) is 19.1 Å². The lowest BCUT2D eigenvalue weighted by Gasteiger charge is -2.56. The van der Waals surface area contributed by atoms with Crippen molar-refractivity contribution in [3.8, 4) is 0 Å². The summed E-state index contributed by atoms with van der Waals surface area (Å²) in [6.07, 6.45) is 2.77. The van der Waals surface area contributed by atoms with E-state index in [1.165, 1.54) is 6.92 Å². The molecule has 6 heteroatoms. The summed E-state index contributed by atoms with van der Waals surface area (Å²) >= 11 is 0. The van der Waals surface area contributed by atoms with Crippen molar-refractivity contribution in [2.24, 2.45) is 16.7 Å². The minimum atomic E-state index is -1.54. The highest BCUT2D eigenvalue weighted by Crippen LogP contribution is 2.69. The molecular formula is C22H34O6. The van der Waals surface area contributed by atoms with E-state index < -0.39 is 28.3 Å². The van der Waals surface area contributed by atoms with Crippen molar-refractivity contribution in [2.45, 2.75) is 90.1 Å². The van der Waals surface area contributed by atoms with Crippen LogP contribution in [0.15, 0.2) is 12.2 Å². The summed E-state index contributed by atoms with van der Waals surface area (Å²) in [5, 5.41) is 23.1. The molecule has 0 aromatic carbocycles. The number of hydrogen-bond acceptors (Lipinski definition) is 6. The molecule has 2 N–H and O–H groups in total. The largest absolute Gasteiger partial charge is 0.465 e. The molecule has 3 rings (SSSR count). The Kier molecular flexibility index (Phi) is 5.31. The summed E-state index contributed by atoms with van der Waals surface area (Å²) in [7, 11) is 0. The average Bonchev–Trinajstić information content (AvgIpc) is 2.77. The smallest absolute Gasteiger partial charge is 0.302 e. The second-order valence-electron chi connectivity index (χ2n) is 9.58. The third-order valence-corrected chi connectivity index (χ3v) is 7.69. The van der Waals surface area contributed by atoms with E-state index in [2.05, 4.69) is 6.58 Å². The van der Waals surface area contributed by atoms with Gasteiger partial charge >= 0.3 is 5.97 Å². The van der Waals surface area contributed by atoms with Gasteiger partial charge in [-0.05, 0) is 37.7 Å². The Hall–Kier alpha value is -1.24. The molecule has 1 spiro atoms. The van der Waals surface area contributed by atoms with Gasteiger partial charge in [-0.3, -0.25) is 9.59 Å². The van der Waals surface area contributed by atoms with E-state index >= 15 is 0 Å². The fourth-order valence-corrected chi connectivity index (χ4v) is 5.70. The molecule has 1 unspecified atom stereocenters.